The van der Waals surface area contributed by atoms with Crippen LogP contribution in [-0.4, -0.2) is 32.8 Å². The van der Waals surface area contributed by atoms with E-state index in [1.54, 1.807) is 38.1 Å². The lowest BCUT2D eigenvalue weighted by Gasteiger charge is -2.27. The van der Waals surface area contributed by atoms with E-state index in [0.29, 0.717) is 23.5 Å². The fourth-order valence-corrected chi connectivity index (χ4v) is 3.46. The predicted molar refractivity (Wildman–Crippen MR) is 92.9 cm³/mol. The third kappa shape index (κ3) is 2.66. The maximum absolute atomic E-state index is 12.7. The van der Waals surface area contributed by atoms with Gasteiger partial charge in [0.05, 0.1) is 12.0 Å². The van der Waals surface area contributed by atoms with Crippen molar-refractivity contribution in [3.63, 3.8) is 0 Å². The van der Waals surface area contributed by atoms with Crippen LogP contribution in [0.4, 0.5) is 0 Å². The molecule has 4 rings (SSSR count). The number of aliphatic hydroxyl groups is 1. The fourth-order valence-electron chi connectivity index (χ4n) is 3.46. The molecule has 0 spiro atoms. The molecule has 0 radical (unpaired) electrons. The summed E-state index contributed by atoms with van der Waals surface area (Å²) in [5.41, 5.74) is 0.536. The number of ether oxygens (including phenoxy) is 2. The van der Waals surface area contributed by atoms with Crippen LogP contribution in [0.5, 0.6) is 23.0 Å². The Hall–Kier alpha value is -2.73. The first-order valence-corrected chi connectivity index (χ1v) is 8.50. The highest BCUT2D eigenvalue weighted by Gasteiger charge is 2.41. The number of rotatable bonds is 2. The molecule has 0 amide bonds. The maximum Gasteiger partial charge on any atom is 0.174 e. The minimum atomic E-state index is -1.07. The quantitative estimate of drug-likeness (QED) is 0.766. The van der Waals surface area contributed by atoms with Crippen molar-refractivity contribution in [1.29, 1.82) is 0 Å². The number of hydrogen-bond donors (Lipinski definition) is 3. The van der Waals surface area contributed by atoms with Crippen molar-refractivity contribution in [3.8, 4) is 23.0 Å². The molecule has 6 nitrogen and oxygen atoms in total. The van der Waals surface area contributed by atoms with Crippen molar-refractivity contribution < 1.29 is 29.6 Å². The second kappa shape index (κ2) is 5.64. The van der Waals surface area contributed by atoms with Gasteiger partial charge >= 0.3 is 0 Å². The SMILES string of the molecule is CC(C)(O)C1Cc2c(cc(O)c3c2O[C@H](c2ccc(O)cc2)CC3=O)O1. The van der Waals surface area contributed by atoms with Crippen molar-refractivity contribution in [2.24, 2.45) is 0 Å². The van der Waals surface area contributed by atoms with E-state index in [1.165, 1.54) is 6.07 Å². The number of phenolic OH excluding ortho intramolecular Hbond substituents is 2. The number of Topliss-reactive ketones (excluding diaryl/α,β-unsaturated/α-hetero) is 1. The molecule has 2 aliphatic rings. The van der Waals surface area contributed by atoms with Crippen LogP contribution in [0, 0.1) is 0 Å². The smallest absolute Gasteiger partial charge is 0.174 e. The van der Waals surface area contributed by atoms with Crippen LogP contribution in [0.1, 0.15) is 47.9 Å². The molecule has 136 valence electrons. The number of hydrogen-bond acceptors (Lipinski definition) is 6. The predicted octanol–water partition coefficient (Wildman–Crippen LogP) is 2.88. The van der Waals surface area contributed by atoms with E-state index in [2.05, 4.69) is 0 Å². The van der Waals surface area contributed by atoms with Gasteiger partial charge in [0.2, 0.25) is 0 Å². The van der Waals surface area contributed by atoms with Crippen molar-refractivity contribution >= 4 is 5.78 Å². The van der Waals surface area contributed by atoms with Gasteiger partial charge in [-0.1, -0.05) is 12.1 Å². The number of phenols is 2. The summed E-state index contributed by atoms with van der Waals surface area (Å²) < 4.78 is 11.9. The van der Waals surface area contributed by atoms with Gasteiger partial charge in [-0.2, -0.15) is 0 Å². The number of carbonyl (C=O) groups excluding carboxylic acids is 1. The summed E-state index contributed by atoms with van der Waals surface area (Å²) >= 11 is 0. The van der Waals surface area contributed by atoms with Crippen LogP contribution in [0.3, 0.4) is 0 Å². The molecule has 2 aliphatic heterocycles. The zero-order chi connectivity index (χ0) is 18.6. The Bertz CT molecular complexity index is 879. The molecule has 0 saturated carbocycles. The Labute approximate surface area is 150 Å². The van der Waals surface area contributed by atoms with E-state index in [-0.39, 0.29) is 29.3 Å². The molecule has 26 heavy (non-hydrogen) atoms. The minimum Gasteiger partial charge on any atom is -0.508 e. The van der Waals surface area contributed by atoms with E-state index in [1.807, 2.05) is 0 Å². The number of benzene rings is 2. The number of ketones is 1. The van der Waals surface area contributed by atoms with Crippen LogP contribution < -0.4 is 9.47 Å². The highest BCUT2D eigenvalue weighted by Crippen LogP contribution is 2.49. The standard InChI is InChI=1S/C20H20O6/c1-20(2,24)17-7-12-16(25-17)9-14(23)18-13(22)8-15(26-19(12)18)10-3-5-11(21)6-4-10/h3-6,9,15,17,21,23-24H,7-8H2,1-2H3/t15-,17?/m0/s1. The van der Waals surface area contributed by atoms with E-state index < -0.39 is 17.8 Å². The summed E-state index contributed by atoms with van der Waals surface area (Å²) in [4.78, 5) is 12.7. The Balaban J connectivity index is 1.75. The maximum atomic E-state index is 12.7. The Morgan fingerprint density at radius 1 is 1.08 bits per heavy atom. The van der Waals surface area contributed by atoms with Gasteiger partial charge in [0, 0.05) is 18.1 Å². The summed E-state index contributed by atoms with van der Waals surface area (Å²) in [6, 6.07) is 7.91. The van der Waals surface area contributed by atoms with Gasteiger partial charge in [0.1, 0.15) is 40.8 Å². The molecule has 0 fully saturated rings. The number of fused-ring (bicyclic) bond motifs is 3. The van der Waals surface area contributed by atoms with Gasteiger partial charge in [0.15, 0.2) is 5.78 Å². The topological polar surface area (TPSA) is 96.2 Å². The molecule has 2 atom stereocenters. The largest absolute Gasteiger partial charge is 0.508 e. The summed E-state index contributed by atoms with van der Waals surface area (Å²) in [6.07, 6.45) is -0.518. The lowest BCUT2D eigenvalue weighted by molar-refractivity contribution is -0.0230. The van der Waals surface area contributed by atoms with Crippen molar-refractivity contribution in [2.45, 2.75) is 44.5 Å². The molecular formula is C20H20O6. The van der Waals surface area contributed by atoms with E-state index in [0.717, 1.165) is 5.56 Å². The molecule has 0 aromatic heterocycles. The lowest BCUT2D eigenvalue weighted by Crippen LogP contribution is -2.39. The second-order valence-corrected chi connectivity index (χ2v) is 7.37. The molecular weight excluding hydrogens is 336 g/mol. The van der Waals surface area contributed by atoms with Crippen LogP contribution in [0.2, 0.25) is 0 Å². The van der Waals surface area contributed by atoms with Crippen LogP contribution in [-0.2, 0) is 6.42 Å². The van der Waals surface area contributed by atoms with E-state index in [4.69, 9.17) is 9.47 Å². The highest BCUT2D eigenvalue weighted by atomic mass is 16.5. The zero-order valence-electron chi connectivity index (χ0n) is 14.5. The lowest BCUT2D eigenvalue weighted by atomic mass is 9.91. The van der Waals surface area contributed by atoms with Crippen molar-refractivity contribution in [2.75, 3.05) is 0 Å². The Kier molecular flexibility index (Phi) is 3.63. The van der Waals surface area contributed by atoms with Gasteiger partial charge in [-0.25, -0.2) is 0 Å². The molecule has 3 N–H and O–H groups in total. The zero-order valence-corrected chi connectivity index (χ0v) is 14.5. The fraction of sp³-hybridized carbons (Fsp3) is 0.350. The first-order valence-electron chi connectivity index (χ1n) is 8.50. The monoisotopic (exact) mass is 356 g/mol. The highest BCUT2D eigenvalue weighted by molar-refractivity contribution is 6.03. The van der Waals surface area contributed by atoms with Crippen molar-refractivity contribution in [3.05, 3.63) is 47.0 Å². The average molecular weight is 356 g/mol. The third-order valence-corrected chi connectivity index (χ3v) is 4.94. The second-order valence-electron chi connectivity index (χ2n) is 7.37. The average Bonchev–Trinajstić information content (AvgIpc) is 2.99. The Morgan fingerprint density at radius 3 is 2.42 bits per heavy atom. The van der Waals surface area contributed by atoms with Gasteiger partial charge in [-0.05, 0) is 31.5 Å². The van der Waals surface area contributed by atoms with Gasteiger partial charge in [-0.3, -0.25) is 4.79 Å². The van der Waals surface area contributed by atoms with Gasteiger partial charge in [0.25, 0.3) is 0 Å². The molecule has 0 bridgehead atoms. The Morgan fingerprint density at radius 2 is 1.77 bits per heavy atom. The third-order valence-electron chi connectivity index (χ3n) is 4.94. The molecule has 1 unspecified atom stereocenters. The number of carbonyl (C=O) groups is 1. The molecule has 6 heteroatoms. The van der Waals surface area contributed by atoms with Crippen LogP contribution in [0.25, 0.3) is 0 Å². The molecule has 2 heterocycles. The first-order chi connectivity index (χ1) is 12.2. The number of aromatic hydroxyl groups is 2. The summed E-state index contributed by atoms with van der Waals surface area (Å²) in [5, 5.41) is 30.0. The first kappa shape index (κ1) is 16.7. The summed E-state index contributed by atoms with van der Waals surface area (Å²) in [6.45, 7) is 3.31. The van der Waals surface area contributed by atoms with E-state index in [9.17, 15) is 20.1 Å². The molecule has 0 saturated heterocycles. The van der Waals surface area contributed by atoms with Crippen molar-refractivity contribution in [1.82, 2.24) is 0 Å². The molecule has 0 aliphatic carbocycles. The summed E-state index contributed by atoms with van der Waals surface area (Å²) in [7, 11) is 0. The molecule has 2 aromatic carbocycles. The minimum absolute atomic E-state index is 0.0971. The van der Waals surface area contributed by atoms with Gasteiger partial charge in [-0.15, -0.1) is 0 Å². The van der Waals surface area contributed by atoms with Gasteiger partial charge < -0.3 is 24.8 Å². The molecule has 2 aromatic rings. The summed E-state index contributed by atoms with van der Waals surface area (Å²) in [5.74, 6) is 0.491. The van der Waals surface area contributed by atoms with Crippen LogP contribution >= 0.6 is 0 Å². The van der Waals surface area contributed by atoms with Crippen LogP contribution in [0.15, 0.2) is 30.3 Å². The normalized spacial score (nSPS) is 21.6. The van der Waals surface area contributed by atoms with E-state index >= 15 is 0 Å².